The summed E-state index contributed by atoms with van der Waals surface area (Å²) in [5.74, 6) is 0.105. The van der Waals surface area contributed by atoms with E-state index in [1.54, 1.807) is 12.1 Å². The highest BCUT2D eigenvalue weighted by Gasteiger charge is 2.30. The molecule has 0 bridgehead atoms. The largest absolute Gasteiger partial charge is 0.508 e. The molecule has 2 aromatic carbocycles. The van der Waals surface area contributed by atoms with E-state index in [9.17, 15) is 10.2 Å². The van der Waals surface area contributed by atoms with Gasteiger partial charge in [0.1, 0.15) is 11.5 Å². The summed E-state index contributed by atoms with van der Waals surface area (Å²) in [6.07, 6.45) is 0. The van der Waals surface area contributed by atoms with Gasteiger partial charge in [0, 0.05) is 20.5 Å². The SMILES string of the molecule is CC(C)(c1ccc(O)cc1Cl)c1c(Cl)cc(O)cc1Cl. The standard InChI is InChI=1S/C15H13Cl3O2/c1-15(2,10-4-3-8(19)5-11(10)16)14-12(17)6-9(20)7-13(14)18/h3-7,19-20H,1-2H3. The number of benzene rings is 2. The van der Waals surface area contributed by atoms with Crippen LogP contribution in [0, 0.1) is 0 Å². The average Bonchev–Trinajstić information content (AvgIpc) is 2.25. The van der Waals surface area contributed by atoms with Crippen LogP contribution in [0.2, 0.25) is 15.1 Å². The highest BCUT2D eigenvalue weighted by Crippen LogP contribution is 2.44. The number of phenolic OH excluding ortho intramolecular Hbond substituents is 2. The van der Waals surface area contributed by atoms with E-state index in [4.69, 9.17) is 34.8 Å². The molecule has 0 saturated heterocycles. The summed E-state index contributed by atoms with van der Waals surface area (Å²) in [7, 11) is 0. The van der Waals surface area contributed by atoms with Crippen LogP contribution in [0.5, 0.6) is 11.5 Å². The van der Waals surface area contributed by atoms with Crippen molar-refractivity contribution in [1.82, 2.24) is 0 Å². The predicted molar refractivity (Wildman–Crippen MR) is 83.4 cm³/mol. The number of phenols is 2. The average molecular weight is 332 g/mol. The third-order valence-corrected chi connectivity index (χ3v) is 4.19. The molecule has 0 heterocycles. The van der Waals surface area contributed by atoms with Crippen molar-refractivity contribution in [3.63, 3.8) is 0 Å². The number of aromatic hydroxyl groups is 2. The summed E-state index contributed by atoms with van der Waals surface area (Å²) in [5, 5.41) is 20.1. The van der Waals surface area contributed by atoms with Crippen LogP contribution < -0.4 is 0 Å². The number of hydrogen-bond donors (Lipinski definition) is 2. The van der Waals surface area contributed by atoms with Gasteiger partial charge >= 0.3 is 0 Å². The number of hydrogen-bond acceptors (Lipinski definition) is 2. The first kappa shape index (κ1) is 15.3. The Morgan fingerprint density at radius 3 is 1.80 bits per heavy atom. The summed E-state index contributed by atoms with van der Waals surface area (Å²) < 4.78 is 0. The fourth-order valence-electron chi connectivity index (χ4n) is 2.30. The van der Waals surface area contributed by atoms with Gasteiger partial charge in [0.05, 0.1) is 0 Å². The van der Waals surface area contributed by atoms with E-state index in [0.717, 1.165) is 5.56 Å². The van der Waals surface area contributed by atoms with Gasteiger partial charge < -0.3 is 10.2 Å². The maximum atomic E-state index is 9.52. The van der Waals surface area contributed by atoms with E-state index in [1.165, 1.54) is 18.2 Å². The third kappa shape index (κ3) is 2.69. The van der Waals surface area contributed by atoms with Crippen molar-refractivity contribution < 1.29 is 10.2 Å². The fourth-order valence-corrected chi connectivity index (χ4v) is 3.66. The van der Waals surface area contributed by atoms with Gasteiger partial charge in [-0.05, 0) is 35.4 Å². The van der Waals surface area contributed by atoms with Crippen molar-refractivity contribution in [3.05, 3.63) is 56.5 Å². The lowest BCUT2D eigenvalue weighted by Crippen LogP contribution is -2.20. The maximum absolute atomic E-state index is 9.52. The quantitative estimate of drug-likeness (QED) is 0.775. The molecule has 0 fully saturated rings. The lowest BCUT2D eigenvalue weighted by atomic mass is 9.78. The highest BCUT2D eigenvalue weighted by atomic mass is 35.5. The van der Waals surface area contributed by atoms with Gasteiger partial charge in [-0.3, -0.25) is 0 Å². The minimum Gasteiger partial charge on any atom is -0.508 e. The van der Waals surface area contributed by atoms with Crippen molar-refractivity contribution in [2.75, 3.05) is 0 Å². The Kier molecular flexibility index (Phi) is 4.10. The van der Waals surface area contributed by atoms with Crippen LogP contribution in [0.1, 0.15) is 25.0 Å². The lowest BCUT2D eigenvalue weighted by molar-refractivity contribution is 0.474. The minimum absolute atomic E-state index is 0.0105. The van der Waals surface area contributed by atoms with Crippen molar-refractivity contribution in [3.8, 4) is 11.5 Å². The Hall–Kier alpha value is -1.09. The molecule has 0 aliphatic heterocycles. The van der Waals surface area contributed by atoms with Crippen molar-refractivity contribution >= 4 is 34.8 Å². The smallest absolute Gasteiger partial charge is 0.118 e. The van der Waals surface area contributed by atoms with Crippen LogP contribution >= 0.6 is 34.8 Å². The Bertz CT molecular complexity index is 643. The minimum atomic E-state index is -0.577. The molecule has 0 spiro atoms. The van der Waals surface area contributed by atoms with Gasteiger partial charge in [0.15, 0.2) is 0 Å². The molecule has 2 aromatic rings. The summed E-state index contributed by atoms with van der Waals surface area (Å²) in [4.78, 5) is 0. The van der Waals surface area contributed by atoms with E-state index in [2.05, 4.69) is 0 Å². The van der Waals surface area contributed by atoms with Crippen LogP contribution in [0.15, 0.2) is 30.3 Å². The molecule has 2 rings (SSSR count). The van der Waals surface area contributed by atoms with Crippen LogP contribution in [0.25, 0.3) is 0 Å². The second kappa shape index (κ2) is 5.36. The molecule has 0 aliphatic rings. The zero-order valence-corrected chi connectivity index (χ0v) is 13.2. The Labute approximate surface area is 132 Å². The molecule has 0 radical (unpaired) electrons. The molecular formula is C15H13Cl3O2. The fraction of sp³-hybridized carbons (Fsp3) is 0.200. The van der Waals surface area contributed by atoms with Gasteiger partial charge in [0.2, 0.25) is 0 Å². The summed E-state index contributed by atoms with van der Waals surface area (Å²) in [5.41, 5.74) is 0.879. The molecule has 0 aliphatic carbocycles. The van der Waals surface area contributed by atoms with Crippen molar-refractivity contribution in [2.24, 2.45) is 0 Å². The molecule has 0 aromatic heterocycles. The van der Waals surface area contributed by atoms with E-state index >= 15 is 0 Å². The molecular weight excluding hydrogens is 319 g/mol. The van der Waals surface area contributed by atoms with Crippen LogP contribution in [-0.2, 0) is 5.41 Å². The van der Waals surface area contributed by atoms with Gasteiger partial charge in [-0.15, -0.1) is 0 Å². The second-order valence-electron chi connectivity index (χ2n) is 5.07. The summed E-state index contributed by atoms with van der Waals surface area (Å²) in [6.45, 7) is 3.85. The molecule has 2 nitrogen and oxygen atoms in total. The Balaban J connectivity index is 2.66. The van der Waals surface area contributed by atoms with Crippen LogP contribution in [0.3, 0.4) is 0 Å². The summed E-state index contributed by atoms with van der Waals surface area (Å²) >= 11 is 18.6. The van der Waals surface area contributed by atoms with Gasteiger partial charge in [-0.2, -0.15) is 0 Å². The molecule has 0 atom stereocenters. The molecule has 0 saturated carbocycles. The van der Waals surface area contributed by atoms with E-state index < -0.39 is 5.41 Å². The monoisotopic (exact) mass is 330 g/mol. The molecule has 0 unspecified atom stereocenters. The lowest BCUT2D eigenvalue weighted by Gasteiger charge is -2.29. The highest BCUT2D eigenvalue weighted by molar-refractivity contribution is 6.36. The van der Waals surface area contributed by atoms with Gasteiger partial charge in [0.25, 0.3) is 0 Å². The first-order chi connectivity index (χ1) is 9.23. The predicted octanol–water partition coefficient (Wildman–Crippen LogP) is 5.38. The molecule has 5 heteroatoms. The molecule has 2 N–H and O–H groups in total. The van der Waals surface area contributed by atoms with E-state index in [1.807, 2.05) is 13.8 Å². The molecule has 0 amide bonds. The zero-order valence-electron chi connectivity index (χ0n) is 10.9. The third-order valence-electron chi connectivity index (χ3n) is 3.28. The second-order valence-corrected chi connectivity index (χ2v) is 6.30. The first-order valence-corrected chi connectivity index (χ1v) is 7.04. The van der Waals surface area contributed by atoms with Crippen molar-refractivity contribution in [2.45, 2.75) is 19.3 Å². The van der Waals surface area contributed by atoms with Gasteiger partial charge in [-0.1, -0.05) is 54.7 Å². The van der Waals surface area contributed by atoms with Gasteiger partial charge in [-0.25, -0.2) is 0 Å². The van der Waals surface area contributed by atoms with E-state index in [-0.39, 0.29) is 11.5 Å². The Morgan fingerprint density at radius 1 is 0.800 bits per heavy atom. The molecule has 20 heavy (non-hydrogen) atoms. The maximum Gasteiger partial charge on any atom is 0.118 e. The number of rotatable bonds is 2. The normalized spacial score (nSPS) is 11.7. The van der Waals surface area contributed by atoms with Crippen LogP contribution in [-0.4, -0.2) is 10.2 Å². The summed E-state index contributed by atoms with van der Waals surface area (Å²) in [6, 6.07) is 7.65. The molecule has 106 valence electrons. The van der Waals surface area contributed by atoms with Crippen LogP contribution in [0.4, 0.5) is 0 Å². The van der Waals surface area contributed by atoms with E-state index in [0.29, 0.717) is 20.6 Å². The first-order valence-electron chi connectivity index (χ1n) is 5.91. The topological polar surface area (TPSA) is 40.5 Å². The van der Waals surface area contributed by atoms with Crippen molar-refractivity contribution in [1.29, 1.82) is 0 Å². The number of halogens is 3. The Morgan fingerprint density at radius 2 is 1.30 bits per heavy atom. The zero-order chi connectivity index (χ0) is 15.1.